The SMILES string of the molecule is COc1cccc(CCCl)c1. The number of aryl methyl sites for hydroxylation is 1. The molecule has 0 bridgehead atoms. The third-order valence-electron chi connectivity index (χ3n) is 1.52. The van der Waals surface area contributed by atoms with Gasteiger partial charge in [-0.25, -0.2) is 0 Å². The van der Waals surface area contributed by atoms with Gasteiger partial charge in [-0.3, -0.25) is 0 Å². The van der Waals surface area contributed by atoms with E-state index in [0.29, 0.717) is 5.88 Å². The number of hydrogen-bond acceptors (Lipinski definition) is 1. The number of alkyl halides is 1. The predicted octanol–water partition coefficient (Wildman–Crippen LogP) is 2.48. The van der Waals surface area contributed by atoms with E-state index < -0.39 is 0 Å². The molecular formula is C9H11ClO. The quantitative estimate of drug-likeness (QED) is 0.634. The Hall–Kier alpha value is -0.690. The van der Waals surface area contributed by atoms with Gasteiger partial charge in [0.05, 0.1) is 7.11 Å². The Morgan fingerprint density at radius 1 is 1.45 bits per heavy atom. The Balaban J connectivity index is 2.74. The van der Waals surface area contributed by atoms with Crippen LogP contribution < -0.4 is 4.74 Å². The Labute approximate surface area is 71.9 Å². The van der Waals surface area contributed by atoms with Crippen molar-refractivity contribution in [3.63, 3.8) is 0 Å². The van der Waals surface area contributed by atoms with Gasteiger partial charge in [-0.2, -0.15) is 0 Å². The van der Waals surface area contributed by atoms with Gasteiger partial charge in [0.1, 0.15) is 5.75 Å². The van der Waals surface area contributed by atoms with Crippen LogP contribution in [0.15, 0.2) is 24.3 Å². The summed E-state index contributed by atoms with van der Waals surface area (Å²) in [4.78, 5) is 0. The van der Waals surface area contributed by atoms with Crippen LogP contribution in [0.25, 0.3) is 0 Å². The maximum atomic E-state index is 5.59. The second-order valence-electron chi connectivity index (χ2n) is 2.29. The molecule has 1 nitrogen and oxygen atoms in total. The van der Waals surface area contributed by atoms with Gasteiger partial charge in [-0.05, 0) is 24.1 Å². The van der Waals surface area contributed by atoms with E-state index in [2.05, 4.69) is 0 Å². The summed E-state index contributed by atoms with van der Waals surface area (Å²) in [5.41, 5.74) is 1.22. The minimum Gasteiger partial charge on any atom is -0.497 e. The molecule has 0 saturated heterocycles. The van der Waals surface area contributed by atoms with E-state index in [4.69, 9.17) is 16.3 Å². The van der Waals surface area contributed by atoms with Crippen LogP contribution in [0.2, 0.25) is 0 Å². The molecule has 0 spiro atoms. The van der Waals surface area contributed by atoms with Crippen molar-refractivity contribution in [2.24, 2.45) is 0 Å². The normalized spacial score (nSPS) is 9.64. The van der Waals surface area contributed by atoms with E-state index in [9.17, 15) is 0 Å². The molecule has 0 aliphatic rings. The van der Waals surface area contributed by atoms with Gasteiger partial charge in [-0.1, -0.05) is 12.1 Å². The van der Waals surface area contributed by atoms with Crippen molar-refractivity contribution in [2.75, 3.05) is 13.0 Å². The standard InChI is InChI=1S/C9H11ClO/c1-11-9-4-2-3-8(7-9)5-6-10/h2-4,7H,5-6H2,1H3. The Morgan fingerprint density at radius 3 is 2.91 bits per heavy atom. The molecule has 11 heavy (non-hydrogen) atoms. The second-order valence-corrected chi connectivity index (χ2v) is 2.67. The lowest BCUT2D eigenvalue weighted by Crippen LogP contribution is -1.87. The Bertz CT molecular complexity index is 223. The average Bonchev–Trinajstić information content (AvgIpc) is 2.06. The lowest BCUT2D eigenvalue weighted by atomic mass is 10.2. The first-order valence-electron chi connectivity index (χ1n) is 3.55. The molecule has 0 N–H and O–H groups in total. The summed E-state index contributed by atoms with van der Waals surface area (Å²) < 4.78 is 5.06. The summed E-state index contributed by atoms with van der Waals surface area (Å²) in [6, 6.07) is 7.95. The topological polar surface area (TPSA) is 9.23 Å². The first kappa shape index (κ1) is 8.41. The average molecular weight is 171 g/mol. The van der Waals surface area contributed by atoms with E-state index >= 15 is 0 Å². The number of hydrogen-bond donors (Lipinski definition) is 0. The van der Waals surface area contributed by atoms with Crippen molar-refractivity contribution in [2.45, 2.75) is 6.42 Å². The van der Waals surface area contributed by atoms with E-state index in [-0.39, 0.29) is 0 Å². The van der Waals surface area contributed by atoms with Gasteiger partial charge in [0.15, 0.2) is 0 Å². The van der Waals surface area contributed by atoms with Crippen LogP contribution in [0.3, 0.4) is 0 Å². The molecule has 60 valence electrons. The monoisotopic (exact) mass is 170 g/mol. The van der Waals surface area contributed by atoms with Crippen LogP contribution in [-0.4, -0.2) is 13.0 Å². The minimum absolute atomic E-state index is 0.660. The fourth-order valence-electron chi connectivity index (χ4n) is 0.937. The van der Waals surface area contributed by atoms with Gasteiger partial charge >= 0.3 is 0 Å². The van der Waals surface area contributed by atoms with Gasteiger partial charge in [-0.15, -0.1) is 11.6 Å². The number of benzene rings is 1. The second kappa shape index (κ2) is 4.24. The Morgan fingerprint density at radius 2 is 2.27 bits per heavy atom. The third kappa shape index (κ3) is 2.43. The molecule has 0 heterocycles. The summed E-state index contributed by atoms with van der Waals surface area (Å²) in [7, 11) is 1.67. The van der Waals surface area contributed by atoms with Gasteiger partial charge in [0.25, 0.3) is 0 Å². The molecule has 0 aliphatic heterocycles. The number of rotatable bonds is 3. The summed E-state index contributed by atoms with van der Waals surface area (Å²) in [6.45, 7) is 0. The largest absolute Gasteiger partial charge is 0.497 e. The zero-order valence-electron chi connectivity index (χ0n) is 6.51. The maximum Gasteiger partial charge on any atom is 0.119 e. The molecule has 0 aromatic heterocycles. The van der Waals surface area contributed by atoms with Gasteiger partial charge < -0.3 is 4.74 Å². The van der Waals surface area contributed by atoms with Crippen LogP contribution in [0.4, 0.5) is 0 Å². The van der Waals surface area contributed by atoms with Crippen LogP contribution in [-0.2, 0) is 6.42 Å². The van der Waals surface area contributed by atoms with Crippen molar-refractivity contribution >= 4 is 11.6 Å². The minimum atomic E-state index is 0.660. The third-order valence-corrected chi connectivity index (χ3v) is 1.71. The van der Waals surface area contributed by atoms with E-state index in [1.807, 2.05) is 24.3 Å². The molecule has 1 rings (SSSR count). The van der Waals surface area contributed by atoms with Crippen molar-refractivity contribution in [3.05, 3.63) is 29.8 Å². The summed E-state index contributed by atoms with van der Waals surface area (Å²) in [6.07, 6.45) is 0.902. The van der Waals surface area contributed by atoms with Crippen molar-refractivity contribution in [1.29, 1.82) is 0 Å². The van der Waals surface area contributed by atoms with E-state index in [1.165, 1.54) is 5.56 Å². The maximum absolute atomic E-state index is 5.59. The molecule has 0 atom stereocenters. The summed E-state index contributed by atoms with van der Waals surface area (Å²) in [5, 5.41) is 0. The zero-order valence-corrected chi connectivity index (χ0v) is 7.27. The highest BCUT2D eigenvalue weighted by molar-refractivity contribution is 6.17. The fraction of sp³-hybridized carbons (Fsp3) is 0.333. The smallest absolute Gasteiger partial charge is 0.119 e. The number of methoxy groups -OCH3 is 1. The van der Waals surface area contributed by atoms with Gasteiger partial charge in [0, 0.05) is 5.88 Å². The zero-order chi connectivity index (χ0) is 8.10. The summed E-state index contributed by atoms with van der Waals surface area (Å²) >= 11 is 5.59. The first-order valence-corrected chi connectivity index (χ1v) is 4.09. The lowest BCUT2D eigenvalue weighted by molar-refractivity contribution is 0.414. The fourth-order valence-corrected chi connectivity index (χ4v) is 1.16. The van der Waals surface area contributed by atoms with Gasteiger partial charge in [0.2, 0.25) is 0 Å². The number of halogens is 1. The van der Waals surface area contributed by atoms with Crippen LogP contribution in [0.1, 0.15) is 5.56 Å². The lowest BCUT2D eigenvalue weighted by Gasteiger charge is -2.01. The molecule has 0 unspecified atom stereocenters. The van der Waals surface area contributed by atoms with Crippen molar-refractivity contribution < 1.29 is 4.74 Å². The predicted molar refractivity (Wildman–Crippen MR) is 47.4 cm³/mol. The van der Waals surface area contributed by atoms with Crippen LogP contribution >= 0.6 is 11.6 Å². The van der Waals surface area contributed by atoms with Crippen molar-refractivity contribution in [3.8, 4) is 5.75 Å². The van der Waals surface area contributed by atoms with E-state index in [0.717, 1.165) is 12.2 Å². The van der Waals surface area contributed by atoms with Crippen molar-refractivity contribution in [1.82, 2.24) is 0 Å². The molecule has 0 radical (unpaired) electrons. The molecular weight excluding hydrogens is 160 g/mol. The highest BCUT2D eigenvalue weighted by Crippen LogP contribution is 2.12. The first-order chi connectivity index (χ1) is 5.36. The van der Waals surface area contributed by atoms with Crippen LogP contribution in [0.5, 0.6) is 5.75 Å². The molecule has 0 aliphatic carbocycles. The summed E-state index contributed by atoms with van der Waals surface area (Å²) in [5.74, 6) is 1.56. The molecule has 0 amide bonds. The Kier molecular flexibility index (Phi) is 3.24. The molecule has 0 fully saturated rings. The van der Waals surface area contributed by atoms with Crippen LogP contribution in [0, 0.1) is 0 Å². The molecule has 0 saturated carbocycles. The number of ether oxygens (including phenoxy) is 1. The van der Waals surface area contributed by atoms with E-state index in [1.54, 1.807) is 7.11 Å². The molecule has 1 aromatic carbocycles. The molecule has 1 aromatic rings. The highest BCUT2D eigenvalue weighted by atomic mass is 35.5. The highest BCUT2D eigenvalue weighted by Gasteiger charge is 1.93. The molecule has 2 heteroatoms.